The van der Waals surface area contributed by atoms with Crippen LogP contribution in [0.4, 0.5) is 11.6 Å². The van der Waals surface area contributed by atoms with Crippen LogP contribution in [-0.2, 0) is 11.3 Å². The minimum atomic E-state index is -1.06. The number of nitrogens with two attached hydrogens (primary N) is 1. The van der Waals surface area contributed by atoms with E-state index in [4.69, 9.17) is 34.0 Å². The van der Waals surface area contributed by atoms with E-state index in [1.165, 1.54) is 17.4 Å². The molecule has 0 fully saturated rings. The van der Waals surface area contributed by atoms with Crippen molar-refractivity contribution >= 4 is 47.0 Å². The smallest absolute Gasteiger partial charge is 0.334 e. The first kappa shape index (κ1) is 18.9. The zero-order valence-electron chi connectivity index (χ0n) is 13.7. The van der Waals surface area contributed by atoms with E-state index in [-0.39, 0.29) is 36.0 Å². The van der Waals surface area contributed by atoms with Crippen molar-refractivity contribution in [2.45, 2.75) is 6.54 Å². The number of H-pyrrole nitrogens is 1. The largest absolute Gasteiger partial charge is 0.478 e. The van der Waals surface area contributed by atoms with Crippen molar-refractivity contribution in [2.75, 3.05) is 17.3 Å². The van der Waals surface area contributed by atoms with Crippen molar-refractivity contribution in [1.29, 1.82) is 0 Å². The monoisotopic (exact) mass is 408 g/mol. The highest BCUT2D eigenvalue weighted by Gasteiger charge is 2.21. The third kappa shape index (κ3) is 4.27. The summed E-state index contributed by atoms with van der Waals surface area (Å²) in [7, 11) is 0. The molecule has 0 atom stereocenters. The number of nitrogen functional groups attached to an aromatic ring is 1. The minimum Gasteiger partial charge on any atom is -0.478 e. The number of nitrogens with one attached hydrogen (secondary N) is 2. The van der Waals surface area contributed by atoms with Crippen LogP contribution >= 0.6 is 23.2 Å². The number of aliphatic carboxylic acids is 1. The SMILES string of the molecule is Nc1c(C=NCc2ccc(Cl)c(Cl)c2)nc(N2C=C(C(=O)O)CN2)[nH]c1=O. The molecule has 2 aromatic rings. The van der Waals surface area contributed by atoms with Crippen LogP contribution in [0.15, 0.2) is 39.8 Å². The highest BCUT2D eigenvalue weighted by Crippen LogP contribution is 2.23. The van der Waals surface area contributed by atoms with Gasteiger partial charge in [0, 0.05) is 19.0 Å². The fourth-order valence-corrected chi connectivity index (χ4v) is 2.58. The topological polar surface area (TPSA) is 137 Å². The summed E-state index contributed by atoms with van der Waals surface area (Å²) in [5.74, 6) is -0.965. The average Bonchev–Trinajstić information content (AvgIpc) is 3.12. The van der Waals surface area contributed by atoms with Crippen LogP contribution in [0.3, 0.4) is 0 Å². The Hall–Kier alpha value is -2.88. The minimum absolute atomic E-state index is 0.0986. The Balaban J connectivity index is 1.83. The van der Waals surface area contributed by atoms with Crippen molar-refractivity contribution in [3.05, 3.63) is 61.6 Å². The molecule has 9 nitrogen and oxygen atoms in total. The third-order valence-electron chi connectivity index (χ3n) is 3.67. The number of carboxylic acid groups (broad SMARTS) is 1. The molecule has 11 heteroatoms. The number of carbonyl (C=O) groups is 1. The number of anilines is 2. The lowest BCUT2D eigenvalue weighted by Gasteiger charge is -2.14. The molecule has 1 aliphatic rings. The van der Waals surface area contributed by atoms with Crippen molar-refractivity contribution in [3.8, 4) is 0 Å². The van der Waals surface area contributed by atoms with Crippen molar-refractivity contribution in [3.63, 3.8) is 0 Å². The van der Waals surface area contributed by atoms with E-state index in [1.807, 2.05) is 0 Å². The number of aliphatic imine (C=N–C) groups is 1. The van der Waals surface area contributed by atoms with Crippen LogP contribution < -0.4 is 21.7 Å². The predicted octanol–water partition coefficient (Wildman–Crippen LogP) is 1.57. The zero-order chi connectivity index (χ0) is 19.6. The van der Waals surface area contributed by atoms with Gasteiger partial charge in [0.25, 0.3) is 5.56 Å². The molecule has 0 spiro atoms. The van der Waals surface area contributed by atoms with Crippen LogP contribution in [0, 0.1) is 0 Å². The van der Waals surface area contributed by atoms with Gasteiger partial charge >= 0.3 is 5.97 Å². The van der Waals surface area contributed by atoms with Crippen LogP contribution in [0.1, 0.15) is 11.3 Å². The standard InChI is InChI=1S/C16H14Cl2N6O3/c17-10-2-1-8(3-11(10)18)4-20-6-12-13(19)14(25)23-16(22-12)24-7-9(5-21-24)15(26)27/h1-3,6-7,21H,4-5,19H2,(H,26,27)(H,22,23,25). The number of aromatic nitrogens is 2. The molecule has 0 bridgehead atoms. The quantitative estimate of drug-likeness (QED) is 0.550. The first-order chi connectivity index (χ1) is 12.8. The molecular formula is C16H14Cl2N6O3. The molecule has 1 aromatic carbocycles. The molecule has 1 aromatic heterocycles. The summed E-state index contributed by atoms with van der Waals surface area (Å²) < 4.78 is 0. The molecule has 0 amide bonds. The fourth-order valence-electron chi connectivity index (χ4n) is 2.26. The number of carboxylic acids is 1. The van der Waals surface area contributed by atoms with E-state index in [9.17, 15) is 9.59 Å². The summed E-state index contributed by atoms with van der Waals surface area (Å²) in [6.07, 6.45) is 2.70. The maximum atomic E-state index is 12.0. The van der Waals surface area contributed by atoms with Gasteiger partial charge in [-0.1, -0.05) is 29.3 Å². The number of nitrogens with zero attached hydrogens (tertiary/aromatic N) is 3. The molecule has 0 radical (unpaired) electrons. The highest BCUT2D eigenvalue weighted by atomic mass is 35.5. The number of hydrogen-bond acceptors (Lipinski definition) is 7. The molecule has 0 saturated heterocycles. The number of halogens is 2. The van der Waals surface area contributed by atoms with Gasteiger partial charge < -0.3 is 10.8 Å². The van der Waals surface area contributed by atoms with Gasteiger partial charge in [0.15, 0.2) is 0 Å². The lowest BCUT2D eigenvalue weighted by atomic mass is 10.2. The number of hydrogen-bond donors (Lipinski definition) is 4. The summed E-state index contributed by atoms with van der Waals surface area (Å²) in [6.45, 7) is 0.384. The highest BCUT2D eigenvalue weighted by molar-refractivity contribution is 6.42. The molecule has 0 unspecified atom stereocenters. The van der Waals surface area contributed by atoms with Crippen LogP contribution in [-0.4, -0.2) is 33.8 Å². The van der Waals surface area contributed by atoms with Gasteiger partial charge in [0.1, 0.15) is 11.4 Å². The van der Waals surface area contributed by atoms with Gasteiger partial charge in [-0.2, -0.15) is 0 Å². The Morgan fingerprint density at radius 3 is 2.85 bits per heavy atom. The van der Waals surface area contributed by atoms with E-state index in [2.05, 4.69) is 20.4 Å². The first-order valence-corrected chi connectivity index (χ1v) is 8.41. The van der Waals surface area contributed by atoms with Crippen molar-refractivity contribution in [1.82, 2.24) is 15.4 Å². The molecule has 140 valence electrons. The Labute approximate surface area is 163 Å². The van der Waals surface area contributed by atoms with Gasteiger partial charge in [-0.05, 0) is 17.7 Å². The summed E-state index contributed by atoms with van der Waals surface area (Å²) in [6, 6.07) is 5.13. The first-order valence-electron chi connectivity index (χ1n) is 7.65. The zero-order valence-corrected chi connectivity index (χ0v) is 15.3. The van der Waals surface area contributed by atoms with Crippen molar-refractivity contribution in [2.24, 2.45) is 4.99 Å². The van der Waals surface area contributed by atoms with Gasteiger partial charge in [0.2, 0.25) is 5.95 Å². The Morgan fingerprint density at radius 1 is 1.41 bits per heavy atom. The number of benzene rings is 1. The molecule has 1 aliphatic heterocycles. The van der Waals surface area contributed by atoms with Gasteiger partial charge in [-0.25, -0.2) is 15.2 Å². The second-order valence-electron chi connectivity index (χ2n) is 5.57. The van der Waals surface area contributed by atoms with Crippen LogP contribution in [0.25, 0.3) is 0 Å². The lowest BCUT2D eigenvalue weighted by Crippen LogP contribution is -2.32. The lowest BCUT2D eigenvalue weighted by molar-refractivity contribution is -0.132. The van der Waals surface area contributed by atoms with E-state index in [0.29, 0.717) is 10.0 Å². The molecule has 3 rings (SSSR count). The van der Waals surface area contributed by atoms with Crippen LogP contribution in [0.2, 0.25) is 10.0 Å². The Bertz CT molecular complexity index is 1020. The van der Waals surface area contributed by atoms with Gasteiger partial charge in [0.05, 0.1) is 22.2 Å². The molecule has 5 N–H and O–H groups in total. The maximum absolute atomic E-state index is 12.0. The van der Waals surface area contributed by atoms with E-state index >= 15 is 0 Å². The Kier molecular flexibility index (Phi) is 5.45. The third-order valence-corrected chi connectivity index (χ3v) is 4.41. The summed E-state index contributed by atoms with van der Waals surface area (Å²) in [5.41, 5.74) is 9.00. The average molecular weight is 409 g/mol. The molecule has 0 saturated carbocycles. The summed E-state index contributed by atoms with van der Waals surface area (Å²) in [5, 5.41) is 11.2. The Morgan fingerprint density at radius 2 is 2.19 bits per heavy atom. The fraction of sp³-hybridized carbons (Fsp3) is 0.125. The number of aromatic amines is 1. The van der Waals surface area contributed by atoms with Gasteiger partial charge in [-0.3, -0.25) is 19.8 Å². The van der Waals surface area contributed by atoms with Crippen LogP contribution in [0.5, 0.6) is 0 Å². The second-order valence-corrected chi connectivity index (χ2v) is 6.39. The van der Waals surface area contributed by atoms with E-state index in [1.54, 1.807) is 18.2 Å². The summed E-state index contributed by atoms with van der Waals surface area (Å²) in [4.78, 5) is 34.0. The molecular weight excluding hydrogens is 395 g/mol. The predicted molar refractivity (Wildman–Crippen MR) is 103 cm³/mol. The maximum Gasteiger partial charge on any atom is 0.334 e. The van der Waals surface area contributed by atoms with Crippen molar-refractivity contribution < 1.29 is 9.90 Å². The summed E-state index contributed by atoms with van der Waals surface area (Å²) >= 11 is 11.8. The van der Waals surface area contributed by atoms with E-state index in [0.717, 1.165) is 5.56 Å². The number of rotatable bonds is 5. The molecule has 2 heterocycles. The molecule has 27 heavy (non-hydrogen) atoms. The van der Waals surface area contributed by atoms with Gasteiger partial charge in [-0.15, -0.1) is 0 Å². The normalized spacial score (nSPS) is 14.0. The molecule has 0 aliphatic carbocycles. The number of hydrazine groups is 1. The van der Waals surface area contributed by atoms with E-state index < -0.39 is 11.5 Å². The second kappa shape index (κ2) is 7.78.